The summed E-state index contributed by atoms with van der Waals surface area (Å²) in [5, 5.41) is 11.9. The minimum atomic E-state index is -0.0983. The molecule has 5 nitrogen and oxygen atoms in total. The maximum absolute atomic E-state index is 12.4. The number of hydrogen-bond acceptors (Lipinski definition) is 3. The Morgan fingerprint density at radius 3 is 2.74 bits per heavy atom. The summed E-state index contributed by atoms with van der Waals surface area (Å²) in [5.74, 6) is 0.0245. The van der Waals surface area contributed by atoms with Gasteiger partial charge in [-0.25, -0.2) is 0 Å². The first kappa shape index (κ1) is 13.7. The van der Waals surface area contributed by atoms with Crippen molar-refractivity contribution >= 4 is 23.3 Å². The SMILES string of the molecule is NC(CCN(C(=O)c1ccccc1Cl)C1CC1)=NO. The standard InChI is InChI=1S/C13H16ClN3O2/c14-11-4-2-1-3-10(11)13(18)17(9-5-6-9)8-7-12(15)16-19/h1-4,9,19H,5-8H2,(H2,15,16). The van der Waals surface area contributed by atoms with Crippen LogP contribution in [0.25, 0.3) is 0 Å². The van der Waals surface area contributed by atoms with Gasteiger partial charge < -0.3 is 15.8 Å². The Balaban J connectivity index is 2.11. The van der Waals surface area contributed by atoms with Crippen LogP contribution >= 0.6 is 11.6 Å². The Bertz CT molecular complexity index is 500. The van der Waals surface area contributed by atoms with Crippen LogP contribution in [-0.2, 0) is 0 Å². The second-order valence-electron chi connectivity index (χ2n) is 4.55. The van der Waals surface area contributed by atoms with E-state index in [1.54, 1.807) is 29.2 Å². The van der Waals surface area contributed by atoms with Crippen LogP contribution in [0.4, 0.5) is 0 Å². The van der Waals surface area contributed by atoms with Gasteiger partial charge in [0, 0.05) is 19.0 Å². The number of halogens is 1. The summed E-state index contributed by atoms with van der Waals surface area (Å²) in [6.07, 6.45) is 2.34. The molecule has 0 unspecified atom stereocenters. The summed E-state index contributed by atoms with van der Waals surface area (Å²) >= 11 is 6.04. The molecule has 0 spiro atoms. The zero-order chi connectivity index (χ0) is 13.8. The fraction of sp³-hybridized carbons (Fsp3) is 0.385. The molecule has 0 aliphatic heterocycles. The Hall–Kier alpha value is -1.75. The van der Waals surface area contributed by atoms with Crippen molar-refractivity contribution in [2.45, 2.75) is 25.3 Å². The molecule has 1 aliphatic rings. The number of amides is 1. The van der Waals surface area contributed by atoms with E-state index in [4.69, 9.17) is 22.5 Å². The highest BCUT2D eigenvalue weighted by Gasteiger charge is 2.33. The largest absolute Gasteiger partial charge is 0.409 e. The molecule has 1 aliphatic carbocycles. The number of nitrogens with zero attached hydrogens (tertiary/aromatic N) is 2. The van der Waals surface area contributed by atoms with Gasteiger partial charge in [-0.05, 0) is 25.0 Å². The van der Waals surface area contributed by atoms with Crippen LogP contribution < -0.4 is 5.73 Å². The number of benzene rings is 1. The highest BCUT2D eigenvalue weighted by Crippen LogP contribution is 2.29. The number of hydrogen-bond donors (Lipinski definition) is 2. The molecule has 0 radical (unpaired) electrons. The molecule has 19 heavy (non-hydrogen) atoms. The van der Waals surface area contributed by atoms with E-state index in [-0.39, 0.29) is 17.8 Å². The quantitative estimate of drug-likeness (QED) is 0.375. The minimum absolute atomic E-state index is 0.0983. The number of rotatable bonds is 5. The molecule has 2 rings (SSSR count). The third-order valence-corrected chi connectivity index (χ3v) is 3.42. The molecule has 102 valence electrons. The van der Waals surface area contributed by atoms with Gasteiger partial charge in [0.1, 0.15) is 5.84 Å². The van der Waals surface area contributed by atoms with Gasteiger partial charge in [0.05, 0.1) is 10.6 Å². The summed E-state index contributed by atoms with van der Waals surface area (Å²) in [5.41, 5.74) is 5.94. The van der Waals surface area contributed by atoms with Crippen LogP contribution in [0.3, 0.4) is 0 Å². The van der Waals surface area contributed by atoms with Crippen LogP contribution in [0.15, 0.2) is 29.4 Å². The lowest BCUT2D eigenvalue weighted by Gasteiger charge is -2.22. The maximum Gasteiger partial charge on any atom is 0.255 e. The Labute approximate surface area is 116 Å². The van der Waals surface area contributed by atoms with Crippen molar-refractivity contribution in [3.63, 3.8) is 0 Å². The smallest absolute Gasteiger partial charge is 0.255 e. The Morgan fingerprint density at radius 1 is 1.47 bits per heavy atom. The average molecular weight is 282 g/mol. The molecule has 0 bridgehead atoms. The van der Waals surface area contributed by atoms with Crippen molar-refractivity contribution in [1.29, 1.82) is 0 Å². The van der Waals surface area contributed by atoms with Gasteiger partial charge in [0.2, 0.25) is 0 Å². The van der Waals surface area contributed by atoms with Crippen molar-refractivity contribution in [3.05, 3.63) is 34.9 Å². The van der Waals surface area contributed by atoms with Crippen LogP contribution in [0, 0.1) is 0 Å². The van der Waals surface area contributed by atoms with Crippen LogP contribution in [0.1, 0.15) is 29.6 Å². The first-order chi connectivity index (χ1) is 9.13. The molecule has 6 heteroatoms. The fourth-order valence-corrected chi connectivity index (χ4v) is 2.13. The van der Waals surface area contributed by atoms with Gasteiger partial charge in [-0.3, -0.25) is 4.79 Å². The Morgan fingerprint density at radius 2 is 2.16 bits per heavy atom. The van der Waals surface area contributed by atoms with Gasteiger partial charge in [-0.2, -0.15) is 0 Å². The van der Waals surface area contributed by atoms with Crippen molar-refractivity contribution in [2.24, 2.45) is 10.9 Å². The van der Waals surface area contributed by atoms with Crippen molar-refractivity contribution < 1.29 is 10.0 Å². The lowest BCUT2D eigenvalue weighted by Crippen LogP contribution is -2.36. The lowest BCUT2D eigenvalue weighted by atomic mass is 10.2. The average Bonchev–Trinajstić information content (AvgIpc) is 3.23. The van der Waals surface area contributed by atoms with Crippen LogP contribution in [0.2, 0.25) is 5.02 Å². The first-order valence-electron chi connectivity index (χ1n) is 6.15. The number of carbonyl (C=O) groups is 1. The van der Waals surface area contributed by atoms with Gasteiger partial charge in [-0.1, -0.05) is 28.9 Å². The van der Waals surface area contributed by atoms with Crippen molar-refractivity contribution in [2.75, 3.05) is 6.54 Å². The predicted molar refractivity (Wildman–Crippen MR) is 73.5 cm³/mol. The highest BCUT2D eigenvalue weighted by atomic mass is 35.5. The molecule has 3 N–H and O–H groups in total. The molecule has 0 atom stereocenters. The van der Waals surface area contributed by atoms with Gasteiger partial charge in [0.15, 0.2) is 0 Å². The number of amidine groups is 1. The highest BCUT2D eigenvalue weighted by molar-refractivity contribution is 6.33. The lowest BCUT2D eigenvalue weighted by molar-refractivity contribution is 0.0747. The number of oxime groups is 1. The molecule has 1 saturated carbocycles. The van der Waals surface area contributed by atoms with Crippen LogP contribution in [-0.4, -0.2) is 34.4 Å². The Kier molecular flexibility index (Phi) is 4.27. The van der Waals surface area contributed by atoms with Crippen molar-refractivity contribution in [1.82, 2.24) is 4.90 Å². The molecule has 0 heterocycles. The monoisotopic (exact) mass is 281 g/mol. The molecule has 1 amide bonds. The van der Waals surface area contributed by atoms with Gasteiger partial charge >= 0.3 is 0 Å². The first-order valence-corrected chi connectivity index (χ1v) is 6.53. The molecule has 1 aromatic carbocycles. The molecular weight excluding hydrogens is 266 g/mol. The van der Waals surface area contributed by atoms with E-state index in [1.807, 2.05) is 0 Å². The van der Waals surface area contributed by atoms with E-state index in [2.05, 4.69) is 5.16 Å². The second-order valence-corrected chi connectivity index (χ2v) is 4.96. The summed E-state index contributed by atoms with van der Waals surface area (Å²) < 4.78 is 0. The third-order valence-electron chi connectivity index (χ3n) is 3.09. The topological polar surface area (TPSA) is 78.9 Å². The van der Waals surface area contributed by atoms with Crippen molar-refractivity contribution in [3.8, 4) is 0 Å². The normalized spacial score (nSPS) is 15.3. The van der Waals surface area contributed by atoms with E-state index in [0.29, 0.717) is 23.6 Å². The van der Waals surface area contributed by atoms with E-state index in [9.17, 15) is 4.79 Å². The predicted octanol–water partition coefficient (Wildman–Crippen LogP) is 2.08. The summed E-state index contributed by atoms with van der Waals surface area (Å²) in [7, 11) is 0. The molecule has 1 fully saturated rings. The van der Waals surface area contributed by atoms with E-state index < -0.39 is 0 Å². The zero-order valence-corrected chi connectivity index (χ0v) is 11.2. The summed E-state index contributed by atoms with van der Waals surface area (Å²) in [4.78, 5) is 14.2. The van der Waals surface area contributed by atoms with Gasteiger partial charge in [-0.15, -0.1) is 0 Å². The van der Waals surface area contributed by atoms with E-state index >= 15 is 0 Å². The van der Waals surface area contributed by atoms with E-state index in [0.717, 1.165) is 12.8 Å². The van der Waals surface area contributed by atoms with Crippen LogP contribution in [0.5, 0.6) is 0 Å². The summed E-state index contributed by atoms with van der Waals surface area (Å²) in [6, 6.07) is 7.23. The van der Waals surface area contributed by atoms with E-state index in [1.165, 1.54) is 0 Å². The third kappa shape index (κ3) is 3.38. The molecule has 1 aromatic rings. The zero-order valence-electron chi connectivity index (χ0n) is 10.4. The molecule has 0 aromatic heterocycles. The number of nitrogens with two attached hydrogens (primary N) is 1. The summed E-state index contributed by atoms with van der Waals surface area (Å²) in [6.45, 7) is 0.435. The molecular formula is C13H16ClN3O2. The molecule has 0 saturated heterocycles. The fourth-order valence-electron chi connectivity index (χ4n) is 1.91. The maximum atomic E-state index is 12.4. The number of carbonyl (C=O) groups excluding carboxylic acids is 1. The second kappa shape index (κ2) is 5.93. The van der Waals surface area contributed by atoms with Gasteiger partial charge in [0.25, 0.3) is 5.91 Å². The minimum Gasteiger partial charge on any atom is -0.409 e.